The summed E-state index contributed by atoms with van der Waals surface area (Å²) in [6.07, 6.45) is 4.49. The zero-order chi connectivity index (χ0) is 11.8. The van der Waals surface area contributed by atoms with Crippen molar-refractivity contribution in [3.8, 4) is 0 Å². The van der Waals surface area contributed by atoms with E-state index in [-0.39, 0.29) is 12.5 Å². The molecule has 0 fully saturated rings. The Labute approximate surface area is 94.0 Å². The Bertz CT molecular complexity index is 297. The van der Waals surface area contributed by atoms with Gasteiger partial charge in [-0.1, -0.05) is 0 Å². The van der Waals surface area contributed by atoms with Gasteiger partial charge in [0, 0.05) is 18.4 Å². The van der Waals surface area contributed by atoms with Crippen LogP contribution >= 0.6 is 0 Å². The standard InChI is InChI=1S/C9H18N6O/c10-9(11)14-5-8(16)13-3-1-2-7-4-12-6-15-7/h4,6,9,14H,1-3,5,10-11H2,(H,12,15)(H,13,16). The van der Waals surface area contributed by atoms with E-state index in [9.17, 15) is 4.79 Å². The number of imidazole rings is 1. The van der Waals surface area contributed by atoms with Gasteiger partial charge in [0.05, 0.1) is 12.9 Å². The van der Waals surface area contributed by atoms with Crippen LogP contribution in [0.1, 0.15) is 12.1 Å². The molecule has 7 nitrogen and oxygen atoms in total. The number of carbonyl (C=O) groups excluding carboxylic acids is 1. The van der Waals surface area contributed by atoms with Crippen LogP contribution in [0.3, 0.4) is 0 Å². The Balaban J connectivity index is 2.00. The van der Waals surface area contributed by atoms with E-state index in [1.807, 2.05) is 0 Å². The highest BCUT2D eigenvalue weighted by Gasteiger charge is 2.01. The molecule has 7 N–H and O–H groups in total. The van der Waals surface area contributed by atoms with Gasteiger partial charge >= 0.3 is 0 Å². The minimum absolute atomic E-state index is 0.106. The number of H-pyrrole nitrogens is 1. The normalized spacial score (nSPS) is 10.7. The Morgan fingerprint density at radius 3 is 3.00 bits per heavy atom. The number of nitrogens with two attached hydrogens (primary N) is 2. The lowest BCUT2D eigenvalue weighted by Crippen LogP contribution is -2.49. The van der Waals surface area contributed by atoms with Crippen molar-refractivity contribution in [2.75, 3.05) is 13.1 Å². The molecule has 0 unspecified atom stereocenters. The highest BCUT2D eigenvalue weighted by molar-refractivity contribution is 5.77. The molecule has 1 aromatic rings. The van der Waals surface area contributed by atoms with Gasteiger partial charge in [-0.05, 0) is 12.8 Å². The van der Waals surface area contributed by atoms with Crippen LogP contribution in [0.2, 0.25) is 0 Å². The number of rotatable bonds is 7. The van der Waals surface area contributed by atoms with E-state index in [2.05, 4.69) is 20.6 Å². The molecule has 0 spiro atoms. The van der Waals surface area contributed by atoms with Crippen LogP contribution in [-0.4, -0.2) is 35.3 Å². The van der Waals surface area contributed by atoms with Crippen LogP contribution in [0.15, 0.2) is 12.5 Å². The highest BCUT2D eigenvalue weighted by Crippen LogP contribution is 1.95. The Hall–Kier alpha value is -1.44. The minimum atomic E-state index is -0.657. The van der Waals surface area contributed by atoms with E-state index >= 15 is 0 Å². The fraction of sp³-hybridized carbons (Fsp3) is 0.556. The van der Waals surface area contributed by atoms with E-state index in [1.165, 1.54) is 0 Å². The number of aromatic nitrogens is 2. The largest absolute Gasteiger partial charge is 0.355 e. The molecule has 0 radical (unpaired) electrons. The van der Waals surface area contributed by atoms with Crippen molar-refractivity contribution in [3.63, 3.8) is 0 Å². The van der Waals surface area contributed by atoms with E-state index in [0.717, 1.165) is 18.5 Å². The van der Waals surface area contributed by atoms with Gasteiger partial charge in [0.2, 0.25) is 5.91 Å². The van der Waals surface area contributed by atoms with Gasteiger partial charge < -0.3 is 21.8 Å². The van der Waals surface area contributed by atoms with Crippen molar-refractivity contribution in [1.82, 2.24) is 20.6 Å². The molecule has 1 heterocycles. The SMILES string of the molecule is NC(N)NCC(=O)NCCCc1cnc[nH]1. The monoisotopic (exact) mass is 226 g/mol. The third kappa shape index (κ3) is 5.44. The molecule has 0 aliphatic rings. The summed E-state index contributed by atoms with van der Waals surface area (Å²) in [6.45, 7) is 0.765. The maximum Gasteiger partial charge on any atom is 0.234 e. The second-order valence-corrected chi connectivity index (χ2v) is 3.44. The van der Waals surface area contributed by atoms with Gasteiger partial charge in [0.15, 0.2) is 0 Å². The first-order valence-corrected chi connectivity index (χ1v) is 5.17. The zero-order valence-corrected chi connectivity index (χ0v) is 9.07. The maximum atomic E-state index is 11.2. The fourth-order valence-corrected chi connectivity index (χ4v) is 1.20. The molecule has 90 valence electrons. The number of hydrogen-bond donors (Lipinski definition) is 5. The molecule has 1 rings (SSSR count). The van der Waals surface area contributed by atoms with E-state index in [4.69, 9.17) is 11.5 Å². The smallest absolute Gasteiger partial charge is 0.234 e. The molecule has 0 saturated carbocycles. The van der Waals surface area contributed by atoms with Crippen LogP contribution < -0.4 is 22.1 Å². The lowest BCUT2D eigenvalue weighted by atomic mass is 10.2. The third-order valence-electron chi connectivity index (χ3n) is 2.00. The van der Waals surface area contributed by atoms with E-state index in [0.29, 0.717) is 6.54 Å². The summed E-state index contributed by atoms with van der Waals surface area (Å²) in [5.41, 5.74) is 11.5. The van der Waals surface area contributed by atoms with Crippen molar-refractivity contribution in [1.29, 1.82) is 0 Å². The van der Waals surface area contributed by atoms with Gasteiger partial charge in [-0.3, -0.25) is 10.1 Å². The number of aromatic amines is 1. The molecule has 16 heavy (non-hydrogen) atoms. The lowest BCUT2D eigenvalue weighted by Gasteiger charge is -2.08. The van der Waals surface area contributed by atoms with E-state index < -0.39 is 6.29 Å². The summed E-state index contributed by atoms with van der Waals surface area (Å²) < 4.78 is 0. The van der Waals surface area contributed by atoms with E-state index in [1.54, 1.807) is 12.5 Å². The predicted molar refractivity (Wildman–Crippen MR) is 60.1 cm³/mol. The van der Waals surface area contributed by atoms with Crippen LogP contribution in [0.4, 0.5) is 0 Å². The average Bonchev–Trinajstić information content (AvgIpc) is 2.74. The number of nitrogens with zero attached hydrogens (tertiary/aromatic N) is 1. The minimum Gasteiger partial charge on any atom is -0.355 e. The Kier molecular flexibility index (Phi) is 5.48. The molecular formula is C9H18N6O. The highest BCUT2D eigenvalue weighted by atomic mass is 16.1. The fourth-order valence-electron chi connectivity index (χ4n) is 1.20. The Morgan fingerprint density at radius 2 is 2.38 bits per heavy atom. The number of amides is 1. The quantitative estimate of drug-likeness (QED) is 0.279. The lowest BCUT2D eigenvalue weighted by molar-refractivity contribution is -0.120. The van der Waals surface area contributed by atoms with Crippen LogP contribution in [0, 0.1) is 0 Å². The number of aryl methyl sites for hydroxylation is 1. The average molecular weight is 226 g/mol. The number of nitrogens with one attached hydrogen (secondary N) is 3. The van der Waals surface area contributed by atoms with Crippen LogP contribution in [-0.2, 0) is 11.2 Å². The number of hydrogen-bond acceptors (Lipinski definition) is 5. The zero-order valence-electron chi connectivity index (χ0n) is 9.07. The first-order chi connectivity index (χ1) is 7.68. The summed E-state index contributed by atoms with van der Waals surface area (Å²) in [4.78, 5) is 18.1. The van der Waals surface area contributed by atoms with Gasteiger partial charge in [0.1, 0.15) is 6.29 Å². The topological polar surface area (TPSA) is 122 Å². The predicted octanol–water partition coefficient (Wildman–Crippen LogP) is -1.75. The molecule has 0 saturated heterocycles. The number of carbonyl (C=O) groups is 1. The van der Waals surface area contributed by atoms with Crippen molar-refractivity contribution in [2.45, 2.75) is 19.1 Å². The summed E-state index contributed by atoms with van der Waals surface area (Å²) in [7, 11) is 0. The summed E-state index contributed by atoms with van der Waals surface area (Å²) in [5, 5.41) is 5.38. The molecule has 0 bridgehead atoms. The van der Waals surface area contributed by atoms with Gasteiger partial charge in [0.25, 0.3) is 0 Å². The van der Waals surface area contributed by atoms with Crippen LogP contribution in [0.5, 0.6) is 0 Å². The second-order valence-electron chi connectivity index (χ2n) is 3.44. The first-order valence-electron chi connectivity index (χ1n) is 5.17. The first kappa shape index (κ1) is 12.6. The maximum absolute atomic E-state index is 11.2. The molecule has 1 amide bonds. The second kappa shape index (κ2) is 6.94. The molecule has 0 aliphatic heterocycles. The molecule has 0 aliphatic carbocycles. The molecule has 1 aromatic heterocycles. The van der Waals surface area contributed by atoms with Crippen molar-refractivity contribution in [2.24, 2.45) is 11.5 Å². The van der Waals surface area contributed by atoms with Gasteiger partial charge in [-0.25, -0.2) is 4.98 Å². The van der Waals surface area contributed by atoms with Crippen molar-refractivity contribution >= 4 is 5.91 Å². The summed E-state index contributed by atoms with van der Waals surface area (Å²) in [6, 6.07) is 0. The van der Waals surface area contributed by atoms with Gasteiger partial charge in [-0.15, -0.1) is 0 Å². The van der Waals surface area contributed by atoms with Crippen molar-refractivity contribution < 1.29 is 4.79 Å². The molecular weight excluding hydrogens is 208 g/mol. The summed E-state index contributed by atoms with van der Waals surface area (Å²) >= 11 is 0. The van der Waals surface area contributed by atoms with Crippen LogP contribution in [0.25, 0.3) is 0 Å². The third-order valence-corrected chi connectivity index (χ3v) is 2.00. The summed E-state index contributed by atoms with van der Waals surface area (Å²) in [5.74, 6) is -0.106. The molecule has 0 atom stereocenters. The van der Waals surface area contributed by atoms with Gasteiger partial charge in [-0.2, -0.15) is 0 Å². The molecule has 0 aromatic carbocycles. The molecule has 7 heteroatoms. The Morgan fingerprint density at radius 1 is 1.56 bits per heavy atom. The van der Waals surface area contributed by atoms with Crippen molar-refractivity contribution in [3.05, 3.63) is 18.2 Å².